The second-order valence-corrected chi connectivity index (χ2v) is 10.2. The molecule has 0 saturated carbocycles. The summed E-state index contributed by atoms with van der Waals surface area (Å²) in [4.78, 5) is 19.8. The zero-order valence-electron chi connectivity index (χ0n) is 18.3. The van der Waals surface area contributed by atoms with Crippen LogP contribution in [0.3, 0.4) is 0 Å². The first-order chi connectivity index (χ1) is 14.6. The van der Waals surface area contributed by atoms with Crippen molar-refractivity contribution in [3.8, 4) is 11.3 Å². The molecule has 0 radical (unpaired) electrons. The Balaban J connectivity index is 1.67. The van der Waals surface area contributed by atoms with Crippen molar-refractivity contribution in [2.24, 2.45) is 0 Å². The molecule has 1 aliphatic heterocycles. The van der Waals surface area contributed by atoms with E-state index in [-0.39, 0.29) is 11.9 Å². The Morgan fingerprint density at radius 2 is 1.87 bits per heavy atom. The molecule has 166 valence electrons. The number of carbonyl (C=O) groups excluding carboxylic acids is 1. The molecule has 4 heterocycles. The second-order valence-electron chi connectivity index (χ2n) is 8.13. The van der Waals surface area contributed by atoms with Gasteiger partial charge in [-0.3, -0.25) is 4.79 Å². The van der Waals surface area contributed by atoms with Crippen molar-refractivity contribution >= 4 is 27.0 Å². The van der Waals surface area contributed by atoms with Crippen molar-refractivity contribution in [2.75, 3.05) is 26.4 Å². The molecular weight excluding hydrogens is 420 g/mol. The number of furan rings is 1. The first kappa shape index (κ1) is 21.5. The topological polar surface area (TPSA) is 110 Å². The van der Waals surface area contributed by atoms with Crippen molar-refractivity contribution in [2.45, 2.75) is 39.7 Å². The fourth-order valence-electron chi connectivity index (χ4n) is 4.16. The maximum Gasteiger partial charge on any atom is 0.259 e. The minimum atomic E-state index is -3.27. The fraction of sp³-hybridized carbons (Fsp3) is 0.476. The summed E-state index contributed by atoms with van der Waals surface area (Å²) in [5.74, 6) is 1.33. The number of piperidine rings is 1. The van der Waals surface area contributed by atoms with Gasteiger partial charge in [-0.25, -0.2) is 17.7 Å². The number of hydrogen-bond acceptors (Lipinski definition) is 7. The number of nitrogens with zero attached hydrogens (tertiary/aromatic N) is 4. The Hall–Kier alpha value is -2.72. The van der Waals surface area contributed by atoms with E-state index < -0.39 is 10.0 Å². The number of sulfonamides is 1. The number of aryl methyl sites for hydroxylation is 3. The summed E-state index contributed by atoms with van der Waals surface area (Å²) in [6.45, 7) is 6.43. The largest absolute Gasteiger partial charge is 0.466 e. The molecule has 3 aromatic rings. The summed E-state index contributed by atoms with van der Waals surface area (Å²) < 4.78 is 36.1. The van der Waals surface area contributed by atoms with Crippen LogP contribution in [0.25, 0.3) is 22.4 Å². The number of fused-ring (bicyclic) bond motifs is 1. The second kappa shape index (κ2) is 7.76. The number of aromatic nitrogens is 2. The molecule has 0 aliphatic carbocycles. The van der Waals surface area contributed by atoms with Crippen molar-refractivity contribution in [3.05, 3.63) is 34.9 Å². The molecule has 1 aliphatic rings. The number of hydrogen-bond donors (Lipinski definition) is 0. The molecule has 0 atom stereocenters. The lowest BCUT2D eigenvalue weighted by Gasteiger charge is -2.35. The molecule has 4 rings (SSSR count). The Labute approximate surface area is 181 Å². The van der Waals surface area contributed by atoms with E-state index in [2.05, 4.69) is 10.1 Å². The minimum Gasteiger partial charge on any atom is -0.466 e. The van der Waals surface area contributed by atoms with Gasteiger partial charge in [0.15, 0.2) is 0 Å². The molecule has 0 spiro atoms. The maximum absolute atomic E-state index is 13.5. The van der Waals surface area contributed by atoms with Gasteiger partial charge in [0, 0.05) is 31.7 Å². The van der Waals surface area contributed by atoms with Crippen LogP contribution in [0.2, 0.25) is 0 Å². The standard InChI is InChI=1S/C21H26N4O5S/c1-12-10-16(14(3)29-12)18-11-17(19-13(2)23-30-20(19)22-18)21(26)25-8-6-15(7-9-25)24(4)31(5,27)28/h10-11,15H,6-9H2,1-5H3. The Kier molecular flexibility index (Phi) is 5.38. The maximum atomic E-state index is 13.5. The first-order valence-electron chi connectivity index (χ1n) is 10.1. The smallest absolute Gasteiger partial charge is 0.259 e. The number of pyridine rings is 1. The van der Waals surface area contributed by atoms with Crippen LogP contribution >= 0.6 is 0 Å². The lowest BCUT2D eigenvalue weighted by atomic mass is 10.0. The van der Waals surface area contributed by atoms with E-state index >= 15 is 0 Å². The van der Waals surface area contributed by atoms with Crippen molar-refractivity contribution in [1.82, 2.24) is 19.3 Å². The molecule has 1 saturated heterocycles. The van der Waals surface area contributed by atoms with Gasteiger partial charge in [0.05, 0.1) is 28.6 Å². The molecule has 31 heavy (non-hydrogen) atoms. The summed E-state index contributed by atoms with van der Waals surface area (Å²) >= 11 is 0. The van der Waals surface area contributed by atoms with Crippen molar-refractivity contribution < 1.29 is 22.2 Å². The average molecular weight is 447 g/mol. The van der Waals surface area contributed by atoms with E-state index in [9.17, 15) is 13.2 Å². The molecule has 3 aromatic heterocycles. The van der Waals surface area contributed by atoms with Gasteiger partial charge >= 0.3 is 0 Å². The highest BCUT2D eigenvalue weighted by atomic mass is 32.2. The van der Waals surface area contributed by atoms with Gasteiger partial charge in [0.25, 0.3) is 11.6 Å². The third-order valence-corrected chi connectivity index (χ3v) is 7.30. The molecule has 0 bridgehead atoms. The zero-order chi connectivity index (χ0) is 22.5. The van der Waals surface area contributed by atoms with Crippen LogP contribution in [0.1, 0.15) is 40.4 Å². The summed E-state index contributed by atoms with van der Waals surface area (Å²) in [6.07, 6.45) is 2.37. The predicted molar refractivity (Wildman–Crippen MR) is 115 cm³/mol. The highest BCUT2D eigenvalue weighted by Crippen LogP contribution is 2.31. The molecule has 0 N–H and O–H groups in total. The molecule has 1 fully saturated rings. The van der Waals surface area contributed by atoms with E-state index in [0.717, 1.165) is 11.3 Å². The first-order valence-corrected chi connectivity index (χ1v) is 12.0. The van der Waals surface area contributed by atoms with Gasteiger partial charge in [-0.1, -0.05) is 5.16 Å². The van der Waals surface area contributed by atoms with E-state index in [1.165, 1.54) is 10.6 Å². The lowest BCUT2D eigenvalue weighted by molar-refractivity contribution is 0.0688. The normalized spacial score (nSPS) is 15.9. The molecule has 0 aromatic carbocycles. The fourth-order valence-corrected chi connectivity index (χ4v) is 4.91. The van der Waals surface area contributed by atoms with Gasteiger partial charge in [0.2, 0.25) is 10.0 Å². The lowest BCUT2D eigenvalue weighted by Crippen LogP contribution is -2.47. The van der Waals surface area contributed by atoms with Gasteiger partial charge < -0.3 is 13.8 Å². The molecule has 9 nitrogen and oxygen atoms in total. The third-order valence-electron chi connectivity index (χ3n) is 5.95. The Bertz CT molecular complexity index is 1250. The van der Waals surface area contributed by atoms with Gasteiger partial charge in [-0.05, 0) is 45.7 Å². The van der Waals surface area contributed by atoms with Crippen molar-refractivity contribution in [3.63, 3.8) is 0 Å². The predicted octanol–water partition coefficient (Wildman–Crippen LogP) is 2.90. The highest BCUT2D eigenvalue weighted by Gasteiger charge is 2.31. The third kappa shape index (κ3) is 3.97. The van der Waals surface area contributed by atoms with E-state index in [1.807, 2.05) is 19.9 Å². The van der Waals surface area contributed by atoms with Crippen molar-refractivity contribution in [1.29, 1.82) is 0 Å². The van der Waals surface area contributed by atoms with Crippen LogP contribution in [0.5, 0.6) is 0 Å². The zero-order valence-corrected chi connectivity index (χ0v) is 19.1. The molecular formula is C21H26N4O5S. The summed E-state index contributed by atoms with van der Waals surface area (Å²) in [5, 5.41) is 4.60. The van der Waals surface area contributed by atoms with Gasteiger partial charge in [-0.15, -0.1) is 0 Å². The van der Waals surface area contributed by atoms with Crippen LogP contribution in [0.15, 0.2) is 21.1 Å². The van der Waals surface area contributed by atoms with E-state index in [1.54, 1.807) is 24.9 Å². The van der Waals surface area contributed by atoms with E-state index in [0.29, 0.717) is 59.7 Å². The van der Waals surface area contributed by atoms with Crippen LogP contribution < -0.4 is 0 Å². The molecule has 0 unspecified atom stereocenters. The number of likely N-dealkylation sites (tertiary alicyclic amines) is 1. The number of rotatable bonds is 4. The summed E-state index contributed by atoms with van der Waals surface area (Å²) in [6, 6.07) is 3.54. The van der Waals surface area contributed by atoms with Crippen LogP contribution in [-0.2, 0) is 10.0 Å². The average Bonchev–Trinajstić information content (AvgIpc) is 3.27. The van der Waals surface area contributed by atoms with Crippen LogP contribution in [0, 0.1) is 20.8 Å². The molecule has 1 amide bonds. The summed E-state index contributed by atoms with van der Waals surface area (Å²) in [7, 11) is -1.68. The van der Waals surface area contributed by atoms with Gasteiger partial charge in [-0.2, -0.15) is 0 Å². The van der Waals surface area contributed by atoms with Crippen LogP contribution in [0.4, 0.5) is 0 Å². The monoisotopic (exact) mass is 446 g/mol. The van der Waals surface area contributed by atoms with Gasteiger partial charge in [0.1, 0.15) is 11.5 Å². The Morgan fingerprint density at radius 3 is 2.45 bits per heavy atom. The summed E-state index contributed by atoms with van der Waals surface area (Å²) in [5.41, 5.74) is 2.78. The highest BCUT2D eigenvalue weighted by molar-refractivity contribution is 7.88. The quantitative estimate of drug-likeness (QED) is 0.606. The number of amides is 1. The Morgan fingerprint density at radius 1 is 1.19 bits per heavy atom. The SMILES string of the molecule is Cc1cc(-c2cc(C(=O)N3CCC(N(C)S(C)(=O)=O)CC3)c3c(C)noc3n2)c(C)o1. The van der Waals surface area contributed by atoms with Crippen LogP contribution in [-0.4, -0.2) is 66.1 Å². The molecule has 10 heteroatoms. The minimum absolute atomic E-state index is 0.110. The van der Waals surface area contributed by atoms with E-state index in [4.69, 9.17) is 8.94 Å². The number of carbonyl (C=O) groups is 1.